The van der Waals surface area contributed by atoms with Crippen LogP contribution in [0.1, 0.15) is 0 Å². The van der Waals surface area contributed by atoms with E-state index in [2.05, 4.69) is 0 Å². The third-order valence-electron chi connectivity index (χ3n) is 2.23. The lowest BCUT2D eigenvalue weighted by atomic mass is 10.1. The molecule has 0 aliphatic rings. The number of methoxy groups -OCH3 is 1. The minimum atomic E-state index is -4.49. The normalized spacial score (nSPS) is 13.1. The summed E-state index contributed by atoms with van der Waals surface area (Å²) in [5.74, 6) is -2.52. The second-order valence-corrected chi connectivity index (χ2v) is 4.63. The maximum atomic E-state index is 12.6. The smallest absolute Gasteiger partial charge is 0.399 e. The molecule has 3 N–H and O–H groups in total. The molecule has 3 nitrogen and oxygen atoms in total. The molecule has 0 radical (unpaired) electrons. The van der Waals surface area contributed by atoms with E-state index in [1.807, 2.05) is 0 Å². The quantitative estimate of drug-likeness (QED) is 0.494. The summed E-state index contributed by atoms with van der Waals surface area (Å²) in [5, 5.41) is 6.97. The van der Waals surface area contributed by atoms with E-state index in [0.29, 0.717) is 10.6 Å². The minimum Gasteiger partial charge on any atom is -0.497 e. The summed E-state index contributed by atoms with van der Waals surface area (Å²) in [6.07, 6.45) is -4.49. The average molecular weight is 278 g/mol. The molecule has 100 valence electrons. The van der Waals surface area contributed by atoms with Crippen LogP contribution in [-0.2, 0) is 0 Å². The lowest BCUT2D eigenvalue weighted by molar-refractivity contribution is -0.149. The number of hydrogen-bond donors (Lipinski definition) is 2. The molecule has 18 heavy (non-hydrogen) atoms. The number of nitrogens with two attached hydrogens (primary N) is 1. The van der Waals surface area contributed by atoms with Crippen molar-refractivity contribution in [3.63, 3.8) is 0 Å². The first-order valence-electron chi connectivity index (χ1n) is 5.02. The number of halogens is 3. The van der Waals surface area contributed by atoms with Gasteiger partial charge in [0, 0.05) is 10.6 Å². The zero-order valence-electron chi connectivity index (χ0n) is 9.62. The zero-order valence-corrected chi connectivity index (χ0v) is 10.4. The van der Waals surface area contributed by atoms with Gasteiger partial charge in [-0.3, -0.25) is 5.41 Å². The number of hydrogen-bond acceptors (Lipinski definition) is 3. The number of rotatable bonds is 5. The van der Waals surface area contributed by atoms with Gasteiger partial charge in [-0.2, -0.15) is 13.2 Å². The molecule has 0 amide bonds. The van der Waals surface area contributed by atoms with Crippen molar-refractivity contribution < 1.29 is 17.9 Å². The molecular weight excluding hydrogens is 265 g/mol. The van der Waals surface area contributed by atoms with Crippen LogP contribution in [-0.4, -0.2) is 24.9 Å². The van der Waals surface area contributed by atoms with Gasteiger partial charge in [-0.15, -0.1) is 11.8 Å². The van der Waals surface area contributed by atoms with Gasteiger partial charge in [-0.25, -0.2) is 0 Å². The van der Waals surface area contributed by atoms with Gasteiger partial charge in [0.1, 0.15) is 17.5 Å². The van der Waals surface area contributed by atoms with Crippen LogP contribution in [0.4, 0.5) is 13.2 Å². The number of ether oxygens (including phenoxy) is 1. The van der Waals surface area contributed by atoms with Crippen molar-refractivity contribution >= 4 is 17.6 Å². The summed E-state index contributed by atoms with van der Waals surface area (Å²) in [6.45, 7) is 0. The first kappa shape index (κ1) is 14.7. The minimum absolute atomic E-state index is 0.313. The van der Waals surface area contributed by atoms with E-state index in [-0.39, 0.29) is 5.75 Å². The molecule has 1 unspecified atom stereocenters. The van der Waals surface area contributed by atoms with Crippen LogP contribution in [0.5, 0.6) is 5.75 Å². The van der Waals surface area contributed by atoms with Crippen molar-refractivity contribution in [3.8, 4) is 5.75 Å². The molecule has 1 atom stereocenters. The monoisotopic (exact) mass is 278 g/mol. The molecule has 0 saturated carbocycles. The highest BCUT2D eigenvalue weighted by atomic mass is 32.2. The van der Waals surface area contributed by atoms with Crippen molar-refractivity contribution in [1.29, 1.82) is 5.41 Å². The molecule has 0 saturated heterocycles. The highest BCUT2D eigenvalue weighted by Gasteiger charge is 2.41. The lowest BCUT2D eigenvalue weighted by Gasteiger charge is -2.18. The summed E-state index contributed by atoms with van der Waals surface area (Å²) in [5.41, 5.74) is 4.97. The Hall–Kier alpha value is -1.37. The fourth-order valence-electron chi connectivity index (χ4n) is 1.23. The van der Waals surface area contributed by atoms with Gasteiger partial charge in [0.2, 0.25) is 0 Å². The molecule has 0 heterocycles. The molecule has 0 aromatic heterocycles. The Morgan fingerprint density at radius 2 is 2.17 bits per heavy atom. The highest BCUT2D eigenvalue weighted by molar-refractivity contribution is 7.99. The Labute approximate surface area is 107 Å². The van der Waals surface area contributed by atoms with Gasteiger partial charge in [0.05, 0.1) is 7.11 Å². The summed E-state index contributed by atoms with van der Waals surface area (Å²) >= 11 is 0.992. The molecule has 0 fully saturated rings. The van der Waals surface area contributed by atoms with Crippen LogP contribution >= 0.6 is 11.8 Å². The maximum absolute atomic E-state index is 12.6. The van der Waals surface area contributed by atoms with Crippen molar-refractivity contribution in [1.82, 2.24) is 0 Å². The van der Waals surface area contributed by atoms with Crippen LogP contribution in [0.25, 0.3) is 0 Å². The predicted molar refractivity (Wildman–Crippen MR) is 65.2 cm³/mol. The SMILES string of the molecule is COc1cccc(SCC(C(=N)N)C(F)(F)F)c1. The Morgan fingerprint density at radius 1 is 1.50 bits per heavy atom. The van der Waals surface area contributed by atoms with Gasteiger partial charge in [-0.1, -0.05) is 6.07 Å². The van der Waals surface area contributed by atoms with E-state index >= 15 is 0 Å². The van der Waals surface area contributed by atoms with E-state index < -0.39 is 17.9 Å². The number of thioether (sulfide) groups is 1. The first-order valence-corrected chi connectivity index (χ1v) is 6.00. The summed E-state index contributed by atoms with van der Waals surface area (Å²) in [4.78, 5) is 0.643. The average Bonchev–Trinajstić information content (AvgIpc) is 2.27. The second-order valence-electron chi connectivity index (χ2n) is 3.54. The molecule has 1 aromatic carbocycles. The molecule has 7 heteroatoms. The van der Waals surface area contributed by atoms with E-state index in [0.717, 1.165) is 11.8 Å². The van der Waals surface area contributed by atoms with Crippen molar-refractivity contribution in [2.45, 2.75) is 11.1 Å². The first-order chi connectivity index (χ1) is 8.34. The largest absolute Gasteiger partial charge is 0.497 e. The maximum Gasteiger partial charge on any atom is 0.399 e. The summed E-state index contributed by atoms with van der Waals surface area (Å²) < 4.78 is 42.7. The molecule has 0 aliphatic heterocycles. The Balaban J connectivity index is 2.70. The molecule has 1 rings (SSSR count). The highest BCUT2D eigenvalue weighted by Crippen LogP contribution is 2.32. The van der Waals surface area contributed by atoms with E-state index in [1.54, 1.807) is 24.3 Å². The number of alkyl halides is 3. The van der Waals surface area contributed by atoms with Crippen molar-refractivity contribution in [2.75, 3.05) is 12.9 Å². The lowest BCUT2D eigenvalue weighted by Crippen LogP contribution is -2.36. The molecule has 0 bridgehead atoms. The summed E-state index contributed by atoms with van der Waals surface area (Å²) in [6, 6.07) is 6.72. The molecule has 1 aromatic rings. The van der Waals surface area contributed by atoms with E-state index in [9.17, 15) is 13.2 Å². The van der Waals surface area contributed by atoms with Crippen LogP contribution in [0.3, 0.4) is 0 Å². The van der Waals surface area contributed by atoms with Gasteiger partial charge >= 0.3 is 6.18 Å². The molecular formula is C11H13F3N2OS. The second kappa shape index (κ2) is 5.99. The predicted octanol–water partition coefficient (Wildman–Crippen LogP) is 2.90. The zero-order chi connectivity index (χ0) is 13.8. The third-order valence-corrected chi connectivity index (χ3v) is 3.32. The Morgan fingerprint density at radius 3 is 2.67 bits per heavy atom. The van der Waals surface area contributed by atoms with E-state index in [1.165, 1.54) is 7.11 Å². The Bertz CT molecular complexity index is 423. The van der Waals surface area contributed by atoms with Gasteiger partial charge < -0.3 is 10.5 Å². The fraction of sp³-hybridized carbons (Fsp3) is 0.364. The van der Waals surface area contributed by atoms with Crippen LogP contribution in [0, 0.1) is 11.3 Å². The standard InChI is InChI=1S/C11H13F3N2OS/c1-17-7-3-2-4-8(5-7)18-6-9(10(15)16)11(12,13)14/h2-5,9H,6H2,1H3,(H3,15,16). The van der Waals surface area contributed by atoms with Crippen LogP contribution in [0.2, 0.25) is 0 Å². The molecule has 0 aliphatic carbocycles. The Kier molecular flexibility index (Phi) is 4.89. The number of benzene rings is 1. The van der Waals surface area contributed by atoms with Gasteiger partial charge in [0.25, 0.3) is 0 Å². The van der Waals surface area contributed by atoms with E-state index in [4.69, 9.17) is 15.9 Å². The van der Waals surface area contributed by atoms with Crippen molar-refractivity contribution in [3.05, 3.63) is 24.3 Å². The molecule has 0 spiro atoms. The summed E-state index contributed by atoms with van der Waals surface area (Å²) in [7, 11) is 1.48. The third kappa shape index (κ3) is 4.14. The van der Waals surface area contributed by atoms with Crippen LogP contribution < -0.4 is 10.5 Å². The fourth-order valence-corrected chi connectivity index (χ4v) is 2.33. The van der Waals surface area contributed by atoms with Gasteiger partial charge in [0.15, 0.2) is 0 Å². The topological polar surface area (TPSA) is 59.1 Å². The van der Waals surface area contributed by atoms with Crippen LogP contribution in [0.15, 0.2) is 29.2 Å². The van der Waals surface area contributed by atoms with Gasteiger partial charge in [-0.05, 0) is 18.2 Å². The number of nitrogens with one attached hydrogen (secondary N) is 1. The number of amidine groups is 1. The van der Waals surface area contributed by atoms with Crippen molar-refractivity contribution in [2.24, 2.45) is 11.7 Å².